The van der Waals surface area contributed by atoms with E-state index in [0.717, 1.165) is 57.8 Å². The van der Waals surface area contributed by atoms with Crippen molar-refractivity contribution < 1.29 is 56.8 Å². The summed E-state index contributed by atoms with van der Waals surface area (Å²) in [5.74, 6) is -1.99. The third kappa shape index (κ3) is 35.1. The number of carbonyl (C=O) groups excluding carboxylic acids is 2. The lowest BCUT2D eigenvalue weighted by molar-refractivity contribution is -0.297. The Morgan fingerprint density at radius 3 is 1.35 bits per heavy atom. The summed E-state index contributed by atoms with van der Waals surface area (Å²) in [6.45, 7) is 3.75. The van der Waals surface area contributed by atoms with E-state index in [1.165, 1.54) is 128 Å². The minimum Gasteiger partial charge on any atom is -0.462 e. The van der Waals surface area contributed by atoms with Crippen LogP contribution in [0, 0.1) is 0 Å². The lowest BCUT2D eigenvalue weighted by atomic mass is 10.00. The van der Waals surface area contributed by atoms with Gasteiger partial charge in [-0.3, -0.25) is 14.1 Å². The van der Waals surface area contributed by atoms with Crippen molar-refractivity contribution in [3.63, 3.8) is 0 Å². The van der Waals surface area contributed by atoms with Crippen LogP contribution in [0.4, 0.5) is 0 Å². The number of aliphatic hydroxyl groups is 3. The molecule has 1 heterocycles. The lowest BCUT2D eigenvalue weighted by Gasteiger charge is -2.40. The van der Waals surface area contributed by atoms with Gasteiger partial charge in [0.05, 0.1) is 6.61 Å². The van der Waals surface area contributed by atoms with E-state index < -0.39 is 71.2 Å². The van der Waals surface area contributed by atoms with Gasteiger partial charge in [-0.15, -0.1) is 0 Å². The summed E-state index contributed by atoms with van der Waals surface area (Å²) in [5, 5.41) is 30.9. The van der Waals surface area contributed by atoms with E-state index in [0.29, 0.717) is 12.8 Å². The highest BCUT2D eigenvalue weighted by atomic mass is 32.2. The molecular formula is C50H92O12S. The van der Waals surface area contributed by atoms with Gasteiger partial charge in [0.25, 0.3) is 10.1 Å². The Labute approximate surface area is 383 Å². The zero-order valence-corrected chi connectivity index (χ0v) is 40.5. The fourth-order valence-electron chi connectivity index (χ4n) is 7.78. The molecule has 0 amide bonds. The van der Waals surface area contributed by atoms with E-state index in [9.17, 15) is 37.9 Å². The first-order valence-corrected chi connectivity index (χ1v) is 27.0. The molecule has 1 fully saturated rings. The number of carbonyl (C=O) groups is 2. The Morgan fingerprint density at radius 1 is 0.524 bits per heavy atom. The van der Waals surface area contributed by atoms with Gasteiger partial charge in [0.2, 0.25) is 0 Å². The maximum atomic E-state index is 12.9. The second-order valence-electron chi connectivity index (χ2n) is 17.8. The van der Waals surface area contributed by atoms with Crippen LogP contribution in [0.5, 0.6) is 0 Å². The molecule has 0 bridgehead atoms. The van der Waals surface area contributed by atoms with Crippen molar-refractivity contribution in [3.05, 3.63) is 24.3 Å². The smallest absolute Gasteiger partial charge is 0.306 e. The topological polar surface area (TPSA) is 186 Å². The predicted molar refractivity (Wildman–Crippen MR) is 252 cm³/mol. The van der Waals surface area contributed by atoms with Crippen molar-refractivity contribution in [3.8, 4) is 0 Å². The monoisotopic (exact) mass is 917 g/mol. The van der Waals surface area contributed by atoms with Gasteiger partial charge in [0.1, 0.15) is 36.8 Å². The van der Waals surface area contributed by atoms with E-state index >= 15 is 0 Å². The summed E-state index contributed by atoms with van der Waals surface area (Å²) in [6, 6.07) is 0. The number of aliphatic hydroxyl groups excluding tert-OH is 3. The molecule has 0 saturated carbocycles. The van der Waals surface area contributed by atoms with E-state index in [2.05, 4.69) is 38.2 Å². The van der Waals surface area contributed by atoms with Gasteiger partial charge >= 0.3 is 11.9 Å². The highest BCUT2D eigenvalue weighted by Gasteiger charge is 2.46. The largest absolute Gasteiger partial charge is 0.462 e. The van der Waals surface area contributed by atoms with Crippen LogP contribution in [0.3, 0.4) is 0 Å². The Morgan fingerprint density at radius 2 is 0.905 bits per heavy atom. The fourth-order valence-corrected chi connectivity index (χ4v) is 8.48. The number of unbranched alkanes of at least 4 members (excludes halogenated alkanes) is 27. The molecule has 1 saturated heterocycles. The molecule has 0 aromatic rings. The number of hydrogen-bond acceptors (Lipinski definition) is 11. The van der Waals surface area contributed by atoms with Crippen molar-refractivity contribution in [2.45, 2.75) is 263 Å². The normalized spacial score (nSPS) is 19.9. The van der Waals surface area contributed by atoms with Crippen molar-refractivity contribution in [2.24, 2.45) is 0 Å². The Kier molecular flexibility index (Phi) is 37.9. The van der Waals surface area contributed by atoms with Crippen LogP contribution in [0.15, 0.2) is 24.3 Å². The summed E-state index contributed by atoms with van der Waals surface area (Å²) >= 11 is 0. The first kappa shape index (κ1) is 59.1. The SMILES string of the molecule is CCCCC/C=C\CCCCCCCC(=O)OCC(COC1OC(CS(=O)(=O)O)C(O)C(O)C1O)OC(=O)CCCCCCCCCCCCC/C=C\CCCCCCCCCC. The highest BCUT2D eigenvalue weighted by Crippen LogP contribution is 2.24. The van der Waals surface area contributed by atoms with E-state index in [1.54, 1.807) is 0 Å². The molecule has 370 valence electrons. The van der Waals surface area contributed by atoms with Crippen LogP contribution in [0.1, 0.15) is 226 Å². The first-order valence-electron chi connectivity index (χ1n) is 25.4. The minimum atomic E-state index is -4.60. The zero-order valence-electron chi connectivity index (χ0n) is 39.7. The molecule has 0 aliphatic carbocycles. The van der Waals surface area contributed by atoms with Crippen LogP contribution < -0.4 is 0 Å². The Bertz CT molecular complexity index is 1260. The molecule has 12 nitrogen and oxygen atoms in total. The number of ether oxygens (including phenoxy) is 4. The molecule has 1 rings (SSSR count). The maximum absolute atomic E-state index is 12.9. The van der Waals surface area contributed by atoms with Crippen molar-refractivity contribution in [2.75, 3.05) is 19.0 Å². The van der Waals surface area contributed by atoms with E-state index in [-0.39, 0.29) is 19.4 Å². The summed E-state index contributed by atoms with van der Waals surface area (Å²) in [5.41, 5.74) is 0. The number of esters is 2. The quantitative estimate of drug-likeness (QED) is 0.0197. The molecule has 1 aliphatic heterocycles. The molecule has 1 aliphatic rings. The van der Waals surface area contributed by atoms with E-state index in [4.69, 9.17) is 18.9 Å². The summed E-state index contributed by atoms with van der Waals surface area (Å²) in [7, 11) is -4.60. The summed E-state index contributed by atoms with van der Waals surface area (Å²) in [6.07, 6.45) is 36.6. The standard InChI is InChI=1S/C50H92O12S/c1-3-5-7-9-11-13-15-17-18-19-20-21-22-23-24-25-26-27-29-31-33-35-37-39-46(52)61-43(41-60-50-49(55)48(54)47(53)44(62-50)42-63(56,57)58)40-59-45(51)38-36-34-32-30-28-16-14-12-10-8-6-4-2/h12,14,19-20,43-44,47-50,53-55H,3-11,13,15-18,21-42H2,1-2H3,(H,56,57,58)/b14-12-,20-19-. The van der Waals surface area contributed by atoms with Crippen LogP contribution in [-0.2, 0) is 38.7 Å². The molecular weight excluding hydrogens is 825 g/mol. The molecule has 4 N–H and O–H groups in total. The second-order valence-corrected chi connectivity index (χ2v) is 19.3. The Hall–Kier alpha value is -1.87. The maximum Gasteiger partial charge on any atom is 0.306 e. The average molecular weight is 917 g/mol. The van der Waals surface area contributed by atoms with Gasteiger partial charge in [-0.1, -0.05) is 173 Å². The molecule has 0 aromatic carbocycles. The van der Waals surface area contributed by atoms with Gasteiger partial charge in [-0.2, -0.15) is 8.42 Å². The summed E-state index contributed by atoms with van der Waals surface area (Å²) < 4.78 is 54.2. The molecule has 13 heteroatoms. The molecule has 0 spiro atoms. The van der Waals surface area contributed by atoms with Gasteiger partial charge in [-0.05, 0) is 64.2 Å². The Balaban J connectivity index is 2.34. The number of rotatable bonds is 43. The number of allylic oxidation sites excluding steroid dienone is 4. The third-order valence-electron chi connectivity index (χ3n) is 11.8. The first-order chi connectivity index (χ1) is 30.5. The molecule has 63 heavy (non-hydrogen) atoms. The van der Waals surface area contributed by atoms with Gasteiger partial charge in [-0.25, -0.2) is 0 Å². The number of hydrogen-bond donors (Lipinski definition) is 4. The van der Waals surface area contributed by atoms with Crippen LogP contribution >= 0.6 is 0 Å². The van der Waals surface area contributed by atoms with Gasteiger partial charge < -0.3 is 34.3 Å². The molecule has 0 radical (unpaired) electrons. The van der Waals surface area contributed by atoms with Crippen LogP contribution in [0.2, 0.25) is 0 Å². The minimum absolute atomic E-state index is 0.164. The average Bonchev–Trinajstić information content (AvgIpc) is 3.25. The molecule has 0 aromatic heterocycles. The molecule has 6 atom stereocenters. The second kappa shape index (κ2) is 40.4. The van der Waals surface area contributed by atoms with Crippen LogP contribution in [0.25, 0.3) is 0 Å². The lowest BCUT2D eigenvalue weighted by Crippen LogP contribution is -2.60. The van der Waals surface area contributed by atoms with Crippen molar-refractivity contribution >= 4 is 22.1 Å². The van der Waals surface area contributed by atoms with Crippen molar-refractivity contribution in [1.82, 2.24) is 0 Å². The van der Waals surface area contributed by atoms with Crippen molar-refractivity contribution in [1.29, 1.82) is 0 Å². The summed E-state index contributed by atoms with van der Waals surface area (Å²) in [4.78, 5) is 25.4. The fraction of sp³-hybridized carbons (Fsp3) is 0.880. The highest BCUT2D eigenvalue weighted by molar-refractivity contribution is 7.85. The van der Waals surface area contributed by atoms with Gasteiger partial charge in [0, 0.05) is 12.8 Å². The van der Waals surface area contributed by atoms with Gasteiger partial charge in [0.15, 0.2) is 12.4 Å². The zero-order chi connectivity index (χ0) is 46.2. The van der Waals surface area contributed by atoms with E-state index in [1.807, 2.05) is 0 Å². The third-order valence-corrected chi connectivity index (χ3v) is 12.5. The molecule has 6 unspecified atom stereocenters. The van der Waals surface area contributed by atoms with Crippen LogP contribution in [-0.4, -0.2) is 96.0 Å². The predicted octanol–water partition coefficient (Wildman–Crippen LogP) is 11.2.